The molecule has 4 rings (SSSR count). The molecule has 0 saturated carbocycles. The van der Waals surface area contributed by atoms with Gasteiger partial charge in [0.15, 0.2) is 5.69 Å². The van der Waals surface area contributed by atoms with E-state index in [2.05, 4.69) is 15.0 Å². The van der Waals surface area contributed by atoms with E-state index < -0.39 is 24.3 Å². The second kappa shape index (κ2) is 7.16. The summed E-state index contributed by atoms with van der Waals surface area (Å²) in [7, 11) is 0. The zero-order valence-electron chi connectivity index (χ0n) is 15.1. The summed E-state index contributed by atoms with van der Waals surface area (Å²) in [5, 5.41) is 9.02. The third kappa shape index (κ3) is 3.63. The Balaban J connectivity index is 1.85. The number of benzene rings is 1. The number of hydrogen-bond acceptors (Lipinski definition) is 6. The van der Waals surface area contributed by atoms with Crippen molar-refractivity contribution in [1.29, 1.82) is 5.26 Å². The van der Waals surface area contributed by atoms with E-state index in [-0.39, 0.29) is 16.9 Å². The number of anilines is 1. The standard InChI is InChI=1S/C19H15F3N6O/c20-19(21,22)11-28-17(26-14-5-2-1-4-13(14)18(28)29)15-6-3-7-27(15)16-10-24-12(8-23)9-25-16/h1-2,4-5,9-10,15H,3,6-7,11H2. The largest absolute Gasteiger partial charge is 0.406 e. The van der Waals surface area contributed by atoms with Crippen molar-refractivity contribution in [1.82, 2.24) is 19.5 Å². The number of hydrogen-bond donors (Lipinski definition) is 0. The molecule has 1 unspecified atom stereocenters. The maximum atomic E-state index is 13.2. The number of fused-ring (bicyclic) bond motifs is 1. The van der Waals surface area contributed by atoms with Gasteiger partial charge in [0.05, 0.1) is 29.3 Å². The second-order valence-corrected chi connectivity index (χ2v) is 6.72. The lowest BCUT2D eigenvalue weighted by atomic mass is 10.1. The fourth-order valence-corrected chi connectivity index (χ4v) is 3.61. The Kier molecular flexibility index (Phi) is 4.66. The molecule has 1 aliphatic rings. The van der Waals surface area contributed by atoms with Crippen LogP contribution < -0.4 is 10.5 Å². The van der Waals surface area contributed by atoms with E-state index in [1.165, 1.54) is 18.5 Å². The van der Waals surface area contributed by atoms with Gasteiger partial charge >= 0.3 is 6.18 Å². The van der Waals surface area contributed by atoms with Crippen LogP contribution in [0.1, 0.15) is 30.4 Å². The Morgan fingerprint density at radius 2 is 2.00 bits per heavy atom. The Morgan fingerprint density at radius 3 is 2.69 bits per heavy atom. The minimum Gasteiger partial charge on any atom is -0.345 e. The minimum absolute atomic E-state index is 0.0506. The third-order valence-electron chi connectivity index (χ3n) is 4.83. The zero-order chi connectivity index (χ0) is 20.6. The van der Waals surface area contributed by atoms with E-state index in [1.807, 2.05) is 6.07 Å². The molecule has 3 heterocycles. The number of halogens is 3. The average Bonchev–Trinajstić information content (AvgIpc) is 3.19. The molecular weight excluding hydrogens is 385 g/mol. The fraction of sp³-hybridized carbons (Fsp3) is 0.316. The molecule has 0 spiro atoms. The summed E-state index contributed by atoms with van der Waals surface area (Å²) in [5.41, 5.74) is -0.230. The van der Waals surface area contributed by atoms with Gasteiger partial charge in [0.2, 0.25) is 0 Å². The van der Waals surface area contributed by atoms with Crippen LogP contribution in [0, 0.1) is 11.3 Å². The summed E-state index contributed by atoms with van der Waals surface area (Å²) in [4.78, 5) is 27.2. The Bertz CT molecular complexity index is 1150. The molecule has 1 aliphatic heterocycles. The lowest BCUT2D eigenvalue weighted by Gasteiger charge is -2.27. The topological polar surface area (TPSA) is 87.7 Å². The van der Waals surface area contributed by atoms with Crippen LogP contribution >= 0.6 is 0 Å². The van der Waals surface area contributed by atoms with Gasteiger partial charge in [-0.2, -0.15) is 18.4 Å². The van der Waals surface area contributed by atoms with Gasteiger partial charge in [-0.3, -0.25) is 9.36 Å². The summed E-state index contributed by atoms with van der Waals surface area (Å²) in [5.74, 6) is 0.474. The van der Waals surface area contributed by atoms with Crippen molar-refractivity contribution in [3.63, 3.8) is 0 Å². The molecule has 7 nitrogen and oxygen atoms in total. The number of nitriles is 1. The van der Waals surface area contributed by atoms with Crippen LogP contribution in [0.2, 0.25) is 0 Å². The smallest absolute Gasteiger partial charge is 0.345 e. The van der Waals surface area contributed by atoms with Crippen LogP contribution in [0.3, 0.4) is 0 Å². The van der Waals surface area contributed by atoms with Gasteiger partial charge in [-0.05, 0) is 25.0 Å². The molecule has 148 valence electrons. The van der Waals surface area contributed by atoms with Gasteiger partial charge in [0, 0.05) is 6.54 Å². The highest BCUT2D eigenvalue weighted by molar-refractivity contribution is 5.77. The van der Waals surface area contributed by atoms with Gasteiger partial charge in [0.1, 0.15) is 24.3 Å². The first kappa shape index (κ1) is 18.9. The van der Waals surface area contributed by atoms with Crippen molar-refractivity contribution in [3.8, 4) is 6.07 Å². The quantitative estimate of drug-likeness (QED) is 0.672. The van der Waals surface area contributed by atoms with Gasteiger partial charge in [-0.15, -0.1) is 0 Å². The van der Waals surface area contributed by atoms with Crippen LogP contribution in [0.4, 0.5) is 19.0 Å². The van der Waals surface area contributed by atoms with Crippen molar-refractivity contribution in [3.05, 3.63) is 58.5 Å². The predicted molar refractivity (Wildman–Crippen MR) is 98.1 cm³/mol. The summed E-state index contributed by atoms with van der Waals surface area (Å²) >= 11 is 0. The van der Waals surface area contributed by atoms with Crippen LogP contribution in [0.5, 0.6) is 0 Å². The Morgan fingerprint density at radius 1 is 1.21 bits per heavy atom. The normalized spacial score (nSPS) is 16.9. The van der Waals surface area contributed by atoms with E-state index in [1.54, 1.807) is 23.1 Å². The van der Waals surface area contributed by atoms with Gasteiger partial charge < -0.3 is 4.90 Å². The molecule has 1 aromatic carbocycles. The first-order valence-corrected chi connectivity index (χ1v) is 8.92. The van der Waals surface area contributed by atoms with Crippen molar-refractivity contribution >= 4 is 16.7 Å². The molecular formula is C19H15F3N6O. The molecule has 1 saturated heterocycles. The van der Waals surface area contributed by atoms with Crippen LogP contribution in [0.15, 0.2) is 41.5 Å². The average molecular weight is 400 g/mol. The maximum absolute atomic E-state index is 13.2. The third-order valence-corrected chi connectivity index (χ3v) is 4.83. The zero-order valence-corrected chi connectivity index (χ0v) is 15.1. The van der Waals surface area contributed by atoms with Crippen molar-refractivity contribution in [2.75, 3.05) is 11.4 Å². The predicted octanol–water partition coefficient (Wildman–Crippen LogP) is 2.96. The molecule has 3 aromatic rings. The molecule has 2 aromatic heterocycles. The number of rotatable bonds is 3. The summed E-state index contributed by atoms with van der Waals surface area (Å²) < 4.78 is 40.4. The minimum atomic E-state index is -4.57. The molecule has 29 heavy (non-hydrogen) atoms. The first-order valence-electron chi connectivity index (χ1n) is 8.92. The molecule has 0 bridgehead atoms. The van der Waals surface area contributed by atoms with Gasteiger partial charge in [-0.1, -0.05) is 12.1 Å². The molecule has 10 heteroatoms. The monoisotopic (exact) mass is 400 g/mol. The highest BCUT2D eigenvalue weighted by Crippen LogP contribution is 2.35. The van der Waals surface area contributed by atoms with Crippen LogP contribution in [-0.4, -0.2) is 32.2 Å². The highest BCUT2D eigenvalue weighted by Gasteiger charge is 2.35. The van der Waals surface area contributed by atoms with E-state index in [9.17, 15) is 18.0 Å². The van der Waals surface area contributed by atoms with Gasteiger partial charge in [-0.25, -0.2) is 15.0 Å². The van der Waals surface area contributed by atoms with Crippen LogP contribution in [-0.2, 0) is 6.54 Å². The van der Waals surface area contributed by atoms with Crippen molar-refractivity contribution in [2.45, 2.75) is 31.6 Å². The van der Waals surface area contributed by atoms with Crippen LogP contribution in [0.25, 0.3) is 10.9 Å². The molecule has 1 fully saturated rings. The number of nitrogens with zero attached hydrogens (tertiary/aromatic N) is 6. The first-order chi connectivity index (χ1) is 13.9. The summed E-state index contributed by atoms with van der Waals surface area (Å²) in [6, 6.07) is 7.68. The maximum Gasteiger partial charge on any atom is 0.406 e. The van der Waals surface area contributed by atoms with Crippen molar-refractivity contribution < 1.29 is 13.2 Å². The molecule has 0 radical (unpaired) electrons. The van der Waals surface area contributed by atoms with E-state index in [0.29, 0.717) is 35.3 Å². The van der Waals surface area contributed by atoms with E-state index in [4.69, 9.17) is 5.26 Å². The number of alkyl halides is 3. The number of aromatic nitrogens is 4. The van der Waals surface area contributed by atoms with E-state index >= 15 is 0 Å². The number of para-hydroxylation sites is 1. The fourth-order valence-electron chi connectivity index (χ4n) is 3.61. The molecule has 1 atom stereocenters. The highest BCUT2D eigenvalue weighted by atomic mass is 19.4. The molecule has 0 N–H and O–H groups in total. The second-order valence-electron chi connectivity index (χ2n) is 6.72. The lowest BCUT2D eigenvalue weighted by Crippen LogP contribution is -2.36. The van der Waals surface area contributed by atoms with Crippen molar-refractivity contribution in [2.24, 2.45) is 0 Å². The van der Waals surface area contributed by atoms with E-state index in [0.717, 1.165) is 0 Å². The molecule has 0 amide bonds. The van der Waals surface area contributed by atoms with Gasteiger partial charge in [0.25, 0.3) is 5.56 Å². The Hall–Kier alpha value is -3.48. The SMILES string of the molecule is N#Cc1cnc(N2CCCC2c2nc3ccccc3c(=O)n2CC(F)(F)F)cn1. The summed E-state index contributed by atoms with van der Waals surface area (Å²) in [6.07, 6.45) is -0.642. The Labute approximate surface area is 163 Å². The lowest BCUT2D eigenvalue weighted by molar-refractivity contribution is -0.141. The molecule has 0 aliphatic carbocycles. The summed E-state index contributed by atoms with van der Waals surface area (Å²) in [6.45, 7) is -0.887.